The lowest BCUT2D eigenvalue weighted by atomic mass is 9.88. The topological polar surface area (TPSA) is 84.0 Å². The van der Waals surface area contributed by atoms with Gasteiger partial charge >= 0.3 is 0 Å². The van der Waals surface area contributed by atoms with Crippen LogP contribution in [0.25, 0.3) is 10.6 Å². The molecule has 1 saturated carbocycles. The van der Waals surface area contributed by atoms with E-state index in [-0.39, 0.29) is 17.7 Å². The van der Waals surface area contributed by atoms with Crippen molar-refractivity contribution in [2.45, 2.75) is 51.5 Å². The number of hydrogen-bond acceptors (Lipinski definition) is 5. The van der Waals surface area contributed by atoms with Crippen LogP contribution in [-0.4, -0.2) is 28.1 Å². The number of anilines is 1. The number of nitrogens with zero attached hydrogens (tertiary/aromatic N) is 2. The maximum atomic E-state index is 13.1. The fourth-order valence-electron chi connectivity index (χ4n) is 4.07. The monoisotopic (exact) mass is 448 g/mol. The third-order valence-electron chi connectivity index (χ3n) is 5.81. The Bertz CT molecular complexity index is 1060. The molecule has 4 rings (SSSR count). The van der Waals surface area contributed by atoms with Crippen molar-refractivity contribution in [1.29, 1.82) is 0 Å². The Balaban J connectivity index is 1.47. The van der Waals surface area contributed by atoms with E-state index in [1.807, 2.05) is 61.5 Å². The summed E-state index contributed by atoms with van der Waals surface area (Å²) in [5.74, 6) is -0.312. The molecule has 0 saturated heterocycles. The van der Waals surface area contributed by atoms with E-state index in [0.717, 1.165) is 47.4 Å². The Hall–Kier alpha value is -3.06. The zero-order valence-corrected chi connectivity index (χ0v) is 19.0. The molecule has 6 nitrogen and oxygen atoms in total. The smallest absolute Gasteiger partial charge is 0.249 e. The van der Waals surface area contributed by atoms with Crippen LogP contribution in [0.15, 0.2) is 54.6 Å². The summed E-state index contributed by atoms with van der Waals surface area (Å²) in [6.45, 7) is 2.02. The second kappa shape index (κ2) is 10.5. The van der Waals surface area contributed by atoms with Crippen molar-refractivity contribution in [3.63, 3.8) is 0 Å². The van der Waals surface area contributed by atoms with Crippen LogP contribution in [0.5, 0.6) is 0 Å². The lowest BCUT2D eigenvalue weighted by molar-refractivity contribution is -0.130. The molecule has 1 atom stereocenters. The van der Waals surface area contributed by atoms with Gasteiger partial charge in [0.15, 0.2) is 0 Å². The van der Waals surface area contributed by atoms with Crippen LogP contribution in [0, 0.1) is 12.8 Å². The van der Waals surface area contributed by atoms with E-state index in [2.05, 4.69) is 20.8 Å². The van der Waals surface area contributed by atoms with Gasteiger partial charge in [-0.25, -0.2) is 0 Å². The molecule has 2 amide bonds. The highest BCUT2D eigenvalue weighted by molar-refractivity contribution is 7.18. The first-order chi connectivity index (χ1) is 15.6. The van der Waals surface area contributed by atoms with Crippen LogP contribution in [0.2, 0.25) is 0 Å². The highest BCUT2D eigenvalue weighted by atomic mass is 32.1. The van der Waals surface area contributed by atoms with E-state index in [4.69, 9.17) is 0 Å². The van der Waals surface area contributed by atoms with Crippen molar-refractivity contribution < 1.29 is 9.59 Å². The molecule has 2 aromatic carbocycles. The molecule has 0 bridgehead atoms. The Morgan fingerprint density at radius 2 is 1.81 bits per heavy atom. The number of aryl methyl sites for hydroxylation is 1. The van der Waals surface area contributed by atoms with E-state index in [1.54, 1.807) is 0 Å². The van der Waals surface area contributed by atoms with Gasteiger partial charge in [-0.3, -0.25) is 14.9 Å². The molecule has 1 aliphatic rings. The summed E-state index contributed by atoms with van der Waals surface area (Å²) in [6.07, 6.45) is 5.52. The number of nitrogens with one attached hydrogen (secondary N) is 2. The number of hydrogen-bond donors (Lipinski definition) is 2. The molecular weight excluding hydrogens is 420 g/mol. The van der Waals surface area contributed by atoms with Gasteiger partial charge in [-0.05, 0) is 31.4 Å². The first-order valence-electron chi connectivity index (χ1n) is 11.1. The van der Waals surface area contributed by atoms with Gasteiger partial charge in [0.1, 0.15) is 11.0 Å². The van der Waals surface area contributed by atoms with E-state index in [9.17, 15) is 9.59 Å². The third kappa shape index (κ3) is 5.79. The summed E-state index contributed by atoms with van der Waals surface area (Å²) < 4.78 is 0. The molecular formula is C25H28N4O2S. The molecule has 1 aliphatic carbocycles. The molecule has 0 aliphatic heterocycles. The van der Waals surface area contributed by atoms with E-state index < -0.39 is 6.04 Å². The molecule has 0 spiro atoms. The lowest BCUT2D eigenvalue weighted by Crippen LogP contribution is -2.47. The number of carbonyl (C=O) groups excluding carboxylic acids is 2. The highest BCUT2D eigenvalue weighted by Crippen LogP contribution is 2.27. The fraction of sp³-hybridized carbons (Fsp3) is 0.360. The molecule has 3 aromatic rings. The van der Waals surface area contributed by atoms with Crippen molar-refractivity contribution in [1.82, 2.24) is 15.5 Å². The number of amides is 2. The van der Waals surface area contributed by atoms with Gasteiger partial charge in [-0.1, -0.05) is 84.7 Å². The van der Waals surface area contributed by atoms with E-state index in [1.165, 1.54) is 17.8 Å². The van der Waals surface area contributed by atoms with Gasteiger partial charge in [-0.15, -0.1) is 10.2 Å². The van der Waals surface area contributed by atoms with Crippen LogP contribution in [-0.2, 0) is 16.0 Å². The molecule has 7 heteroatoms. The zero-order chi connectivity index (χ0) is 22.3. The number of rotatable bonds is 7. The van der Waals surface area contributed by atoms with Crippen molar-refractivity contribution in [3.05, 3.63) is 65.7 Å². The Kier molecular flexibility index (Phi) is 7.27. The zero-order valence-electron chi connectivity index (χ0n) is 18.2. The van der Waals surface area contributed by atoms with Gasteiger partial charge < -0.3 is 5.32 Å². The first-order valence-corrected chi connectivity index (χ1v) is 12.0. The Morgan fingerprint density at radius 3 is 2.56 bits per heavy atom. The van der Waals surface area contributed by atoms with Crippen molar-refractivity contribution >= 4 is 28.3 Å². The van der Waals surface area contributed by atoms with Crippen molar-refractivity contribution in [3.8, 4) is 10.6 Å². The highest BCUT2D eigenvalue weighted by Gasteiger charge is 2.27. The normalized spacial score (nSPS) is 15.2. The quantitative estimate of drug-likeness (QED) is 0.546. The maximum absolute atomic E-state index is 13.1. The van der Waals surface area contributed by atoms with Gasteiger partial charge in [0.25, 0.3) is 0 Å². The lowest BCUT2D eigenvalue weighted by Gasteiger charge is -2.24. The average molecular weight is 449 g/mol. The third-order valence-corrected chi connectivity index (χ3v) is 6.70. The molecule has 1 unspecified atom stereocenters. The minimum Gasteiger partial charge on any atom is -0.344 e. The summed E-state index contributed by atoms with van der Waals surface area (Å²) in [6, 6.07) is 17.1. The largest absolute Gasteiger partial charge is 0.344 e. The summed E-state index contributed by atoms with van der Waals surface area (Å²) in [7, 11) is 0. The van der Waals surface area contributed by atoms with Crippen molar-refractivity contribution in [2.24, 2.45) is 5.92 Å². The maximum Gasteiger partial charge on any atom is 0.249 e. The standard InChI is InChI=1S/C25H28N4O2S/c1-17-9-8-14-20(15-17)24-28-29-25(32-24)27-23(31)21(16-18-10-4-2-5-11-18)26-22(30)19-12-6-3-7-13-19/h2,4-5,8-11,14-15,19,21H,3,6-7,12-13,16H2,1H3,(H,26,30)(H,27,29,31). The average Bonchev–Trinajstić information content (AvgIpc) is 3.28. The second-order valence-corrected chi connectivity index (χ2v) is 9.33. The molecule has 32 heavy (non-hydrogen) atoms. The van der Waals surface area contributed by atoms with Crippen LogP contribution < -0.4 is 10.6 Å². The Morgan fingerprint density at radius 1 is 1.03 bits per heavy atom. The molecule has 2 N–H and O–H groups in total. The summed E-state index contributed by atoms with van der Waals surface area (Å²) in [5.41, 5.74) is 3.10. The molecule has 1 heterocycles. The van der Waals surface area contributed by atoms with Crippen LogP contribution in [0.3, 0.4) is 0 Å². The number of benzene rings is 2. The first kappa shape index (κ1) is 22.1. The van der Waals surface area contributed by atoms with E-state index >= 15 is 0 Å². The predicted molar refractivity (Wildman–Crippen MR) is 127 cm³/mol. The fourth-order valence-corrected chi connectivity index (χ4v) is 4.82. The second-order valence-electron chi connectivity index (χ2n) is 8.36. The summed E-state index contributed by atoms with van der Waals surface area (Å²) in [5, 5.41) is 15.4. The van der Waals surface area contributed by atoms with Gasteiger partial charge in [0.2, 0.25) is 16.9 Å². The number of carbonyl (C=O) groups is 2. The molecule has 1 aromatic heterocycles. The Labute approximate surface area is 192 Å². The SMILES string of the molecule is Cc1cccc(-c2nnc(NC(=O)C(Cc3ccccc3)NC(=O)C3CCCCC3)s2)c1. The van der Waals surface area contributed by atoms with Crippen LogP contribution >= 0.6 is 11.3 Å². The summed E-state index contributed by atoms with van der Waals surface area (Å²) >= 11 is 1.33. The van der Waals surface area contributed by atoms with E-state index in [0.29, 0.717) is 11.6 Å². The van der Waals surface area contributed by atoms with Crippen LogP contribution in [0.4, 0.5) is 5.13 Å². The van der Waals surface area contributed by atoms with Gasteiger partial charge in [0, 0.05) is 17.9 Å². The molecule has 0 radical (unpaired) electrons. The van der Waals surface area contributed by atoms with Gasteiger partial charge in [0.05, 0.1) is 0 Å². The molecule has 1 fully saturated rings. The van der Waals surface area contributed by atoms with Crippen molar-refractivity contribution in [2.75, 3.05) is 5.32 Å². The molecule has 166 valence electrons. The van der Waals surface area contributed by atoms with Crippen LogP contribution in [0.1, 0.15) is 43.2 Å². The summed E-state index contributed by atoms with van der Waals surface area (Å²) in [4.78, 5) is 26.0. The number of aromatic nitrogens is 2. The van der Waals surface area contributed by atoms with Gasteiger partial charge in [-0.2, -0.15) is 0 Å². The predicted octanol–water partition coefficient (Wildman–Crippen LogP) is 4.76. The minimum atomic E-state index is -0.668. The minimum absolute atomic E-state index is 0.00993.